The Hall–Kier alpha value is -2.33. The Labute approximate surface area is 191 Å². The minimum absolute atomic E-state index is 0.103. The van der Waals surface area contributed by atoms with Gasteiger partial charge in [0, 0.05) is 47.5 Å². The molecule has 0 bridgehead atoms. The number of carbonyl (C=O) groups is 1. The summed E-state index contributed by atoms with van der Waals surface area (Å²) in [4.78, 5) is 14.0. The first-order valence-corrected chi connectivity index (χ1v) is 12.4. The van der Waals surface area contributed by atoms with E-state index in [1.165, 1.54) is 48.6 Å². The number of nitrogens with zero attached hydrogens (tertiary/aromatic N) is 1. The topological polar surface area (TPSA) is 40.5 Å². The summed E-state index contributed by atoms with van der Waals surface area (Å²) in [6, 6.07) is 8.43. The number of fused-ring (bicyclic) bond motifs is 7. The standard InChI is InChI=1S/C28H35NO3/c1-4-5-6-7-8-9-12-18-17-22(31-3)25-23(20-15-16-32-28(20)25)24-19-13-10-11-14-21(19)29(2)26(24)27(18)30/h10-11,13-14,17-18,20,28H,4-9,12,15-16H2,1-3H3/b22-17+. The van der Waals surface area contributed by atoms with E-state index >= 15 is 0 Å². The number of aryl methyl sites for hydroxylation is 1. The third-order valence-corrected chi connectivity index (χ3v) is 7.69. The van der Waals surface area contributed by atoms with E-state index in [0.717, 1.165) is 48.4 Å². The van der Waals surface area contributed by atoms with E-state index in [9.17, 15) is 4.79 Å². The summed E-state index contributed by atoms with van der Waals surface area (Å²) in [6.07, 6.45) is 11.4. The number of allylic oxidation sites excluding steroid dienone is 1. The molecule has 2 aliphatic carbocycles. The van der Waals surface area contributed by atoms with Crippen molar-refractivity contribution in [3.8, 4) is 0 Å². The fraction of sp³-hybridized carbons (Fsp3) is 0.536. The third-order valence-electron chi connectivity index (χ3n) is 7.69. The van der Waals surface area contributed by atoms with Crippen LogP contribution in [0.4, 0.5) is 0 Å². The van der Waals surface area contributed by atoms with Gasteiger partial charge in [-0.05, 0) is 30.6 Å². The van der Waals surface area contributed by atoms with Crippen molar-refractivity contribution in [2.75, 3.05) is 13.7 Å². The molecule has 1 fully saturated rings. The molecule has 3 unspecified atom stereocenters. The number of unbranched alkanes of at least 4 members (excludes halogenated alkanes) is 5. The molecule has 1 aromatic heterocycles. The Morgan fingerprint density at radius 2 is 1.88 bits per heavy atom. The lowest BCUT2D eigenvalue weighted by Gasteiger charge is -2.39. The zero-order chi connectivity index (χ0) is 22.2. The van der Waals surface area contributed by atoms with Gasteiger partial charge in [-0.2, -0.15) is 0 Å². The fourth-order valence-electron chi connectivity index (χ4n) is 6.03. The lowest BCUT2D eigenvalue weighted by atomic mass is 9.68. The third kappa shape index (κ3) is 3.35. The summed E-state index contributed by atoms with van der Waals surface area (Å²) in [7, 11) is 3.78. The predicted octanol–water partition coefficient (Wildman–Crippen LogP) is 6.44. The summed E-state index contributed by atoms with van der Waals surface area (Å²) < 4.78 is 14.1. The maximum Gasteiger partial charge on any atom is 0.186 e. The van der Waals surface area contributed by atoms with E-state index in [2.05, 4.69) is 41.8 Å². The van der Waals surface area contributed by atoms with Gasteiger partial charge < -0.3 is 14.0 Å². The normalized spacial score (nSPS) is 26.0. The molecule has 0 N–H and O–H groups in total. The second kappa shape index (κ2) is 8.90. The van der Waals surface area contributed by atoms with Crippen molar-refractivity contribution in [3.05, 3.63) is 52.9 Å². The zero-order valence-electron chi connectivity index (χ0n) is 19.7. The van der Waals surface area contributed by atoms with E-state index in [0.29, 0.717) is 5.92 Å². The molecular formula is C28H35NO3. The number of rotatable bonds is 8. The molecule has 1 saturated heterocycles. The van der Waals surface area contributed by atoms with Crippen LogP contribution >= 0.6 is 0 Å². The summed E-state index contributed by atoms with van der Waals surface area (Å²) in [5, 5.41) is 1.17. The lowest BCUT2D eigenvalue weighted by molar-refractivity contribution is 0.0917. The number of Topliss-reactive ketones (excluding diaryl/α,β-unsaturated/α-hetero) is 1. The number of benzene rings is 1. The Balaban J connectivity index is 1.58. The number of aromatic nitrogens is 1. The predicted molar refractivity (Wildman–Crippen MR) is 129 cm³/mol. The van der Waals surface area contributed by atoms with Gasteiger partial charge >= 0.3 is 0 Å². The molecule has 1 aliphatic heterocycles. The van der Waals surface area contributed by atoms with Crippen LogP contribution in [0.25, 0.3) is 16.5 Å². The molecule has 0 saturated carbocycles. The van der Waals surface area contributed by atoms with Crippen molar-refractivity contribution < 1.29 is 14.3 Å². The van der Waals surface area contributed by atoms with Crippen LogP contribution in [-0.4, -0.2) is 30.2 Å². The highest BCUT2D eigenvalue weighted by Gasteiger charge is 2.50. The molecule has 3 aliphatic rings. The van der Waals surface area contributed by atoms with Crippen LogP contribution in [0.3, 0.4) is 0 Å². The molecule has 2 aromatic rings. The minimum Gasteiger partial charge on any atom is -0.497 e. The Kier molecular flexibility index (Phi) is 5.98. The Morgan fingerprint density at radius 1 is 1.09 bits per heavy atom. The molecule has 4 heteroatoms. The number of ether oxygens (including phenoxy) is 2. The van der Waals surface area contributed by atoms with Crippen molar-refractivity contribution in [2.45, 2.75) is 64.4 Å². The molecule has 5 rings (SSSR count). The number of ketones is 1. The van der Waals surface area contributed by atoms with E-state index in [1.807, 2.05) is 7.05 Å². The van der Waals surface area contributed by atoms with Crippen LogP contribution in [0.15, 0.2) is 41.7 Å². The lowest BCUT2D eigenvalue weighted by Crippen LogP contribution is -2.35. The van der Waals surface area contributed by atoms with Crippen LogP contribution in [0, 0.1) is 11.8 Å². The SMILES string of the molecule is CCCCCCCCC1/C=C(/OC)C2=C(c3c(n(C)c4ccccc34)C1=O)C1CCOC21. The average molecular weight is 434 g/mol. The van der Waals surface area contributed by atoms with Gasteiger partial charge in [-0.1, -0.05) is 63.6 Å². The van der Waals surface area contributed by atoms with Crippen molar-refractivity contribution in [2.24, 2.45) is 18.9 Å². The van der Waals surface area contributed by atoms with Gasteiger partial charge in [-0.3, -0.25) is 4.79 Å². The van der Waals surface area contributed by atoms with Crippen LogP contribution in [0.1, 0.15) is 74.3 Å². The number of hydrogen-bond acceptors (Lipinski definition) is 3. The highest BCUT2D eigenvalue weighted by atomic mass is 16.5. The van der Waals surface area contributed by atoms with E-state index in [4.69, 9.17) is 9.47 Å². The van der Waals surface area contributed by atoms with Gasteiger partial charge in [0.05, 0.1) is 18.9 Å². The molecule has 32 heavy (non-hydrogen) atoms. The van der Waals surface area contributed by atoms with Crippen molar-refractivity contribution in [1.82, 2.24) is 4.57 Å². The van der Waals surface area contributed by atoms with Gasteiger partial charge in [0.25, 0.3) is 0 Å². The van der Waals surface area contributed by atoms with Gasteiger partial charge in [-0.25, -0.2) is 0 Å². The van der Waals surface area contributed by atoms with Crippen LogP contribution in [0.5, 0.6) is 0 Å². The molecule has 0 spiro atoms. The van der Waals surface area contributed by atoms with Crippen LogP contribution in [0.2, 0.25) is 0 Å². The van der Waals surface area contributed by atoms with Gasteiger partial charge in [-0.15, -0.1) is 0 Å². The van der Waals surface area contributed by atoms with E-state index < -0.39 is 0 Å². The smallest absolute Gasteiger partial charge is 0.186 e. The maximum absolute atomic E-state index is 14.0. The molecule has 0 radical (unpaired) electrons. The molecular weight excluding hydrogens is 398 g/mol. The van der Waals surface area contributed by atoms with E-state index in [-0.39, 0.29) is 17.8 Å². The average Bonchev–Trinajstić information content (AvgIpc) is 3.33. The first-order valence-electron chi connectivity index (χ1n) is 12.4. The highest BCUT2D eigenvalue weighted by Crippen LogP contribution is 2.55. The van der Waals surface area contributed by atoms with Crippen molar-refractivity contribution in [3.63, 3.8) is 0 Å². The minimum atomic E-state index is -0.160. The summed E-state index contributed by atoms with van der Waals surface area (Å²) in [6.45, 7) is 3.02. The summed E-state index contributed by atoms with van der Waals surface area (Å²) in [5.74, 6) is 1.28. The quantitative estimate of drug-likeness (QED) is 0.450. The number of hydrogen-bond donors (Lipinski definition) is 0. The first kappa shape index (κ1) is 21.5. The van der Waals surface area contributed by atoms with Crippen LogP contribution in [-0.2, 0) is 16.5 Å². The molecule has 1 aromatic carbocycles. The molecule has 170 valence electrons. The van der Waals surface area contributed by atoms with Gasteiger partial charge in [0.2, 0.25) is 0 Å². The van der Waals surface area contributed by atoms with Crippen LogP contribution < -0.4 is 0 Å². The molecule has 3 atom stereocenters. The number of methoxy groups -OCH3 is 1. The van der Waals surface area contributed by atoms with Crippen molar-refractivity contribution >= 4 is 22.3 Å². The van der Waals surface area contributed by atoms with Gasteiger partial charge in [0.1, 0.15) is 5.76 Å². The van der Waals surface area contributed by atoms with E-state index in [1.54, 1.807) is 7.11 Å². The molecule has 2 heterocycles. The van der Waals surface area contributed by atoms with Crippen molar-refractivity contribution in [1.29, 1.82) is 0 Å². The first-order chi connectivity index (χ1) is 15.7. The summed E-state index contributed by atoms with van der Waals surface area (Å²) >= 11 is 0. The second-order valence-electron chi connectivity index (χ2n) is 9.58. The maximum atomic E-state index is 14.0. The Morgan fingerprint density at radius 3 is 2.69 bits per heavy atom. The number of para-hydroxylation sites is 1. The van der Waals surface area contributed by atoms with Gasteiger partial charge in [0.15, 0.2) is 5.78 Å². The monoisotopic (exact) mass is 433 g/mol. The highest BCUT2D eigenvalue weighted by molar-refractivity contribution is 6.12. The fourth-order valence-corrected chi connectivity index (χ4v) is 6.03. The Bertz CT molecular complexity index is 1090. The largest absolute Gasteiger partial charge is 0.497 e. The number of carbonyl (C=O) groups excluding carboxylic acids is 1. The second-order valence-corrected chi connectivity index (χ2v) is 9.58. The molecule has 0 amide bonds. The molecule has 4 nitrogen and oxygen atoms in total. The zero-order valence-corrected chi connectivity index (χ0v) is 19.7. The summed E-state index contributed by atoms with van der Waals surface area (Å²) in [5.41, 5.74) is 5.57.